The molecule has 0 amide bonds. The molecule has 0 aliphatic carbocycles. The molecule has 1 aromatic heterocycles. The molecule has 0 radical (unpaired) electrons. The summed E-state index contributed by atoms with van der Waals surface area (Å²) in [5, 5.41) is 3.19. The van der Waals surface area contributed by atoms with E-state index in [4.69, 9.17) is 0 Å². The van der Waals surface area contributed by atoms with Crippen molar-refractivity contribution in [3.8, 4) is 0 Å². The molecule has 0 aliphatic heterocycles. The summed E-state index contributed by atoms with van der Waals surface area (Å²) in [6.45, 7) is 5.41. The highest BCUT2D eigenvalue weighted by atomic mass is 127. The van der Waals surface area contributed by atoms with Crippen LogP contribution in [0.25, 0.3) is 0 Å². The Kier molecular flexibility index (Phi) is 9.74. The Morgan fingerprint density at radius 2 is 2.09 bits per heavy atom. The molecule has 0 atom stereocenters. The van der Waals surface area contributed by atoms with Crippen molar-refractivity contribution < 1.29 is 8.42 Å². The number of aromatic nitrogens is 1. The third-order valence-corrected chi connectivity index (χ3v) is 4.93. The van der Waals surface area contributed by atoms with Crippen LogP contribution in [0.2, 0.25) is 0 Å². The minimum Gasteiger partial charge on any atom is -0.357 e. The van der Waals surface area contributed by atoms with Crippen molar-refractivity contribution in [2.45, 2.75) is 20.4 Å². The Labute approximate surface area is 150 Å². The zero-order chi connectivity index (χ0) is 15.9. The van der Waals surface area contributed by atoms with E-state index in [9.17, 15) is 8.42 Å². The molecule has 1 rings (SSSR count). The van der Waals surface area contributed by atoms with Crippen molar-refractivity contribution in [1.29, 1.82) is 0 Å². The zero-order valence-electron chi connectivity index (χ0n) is 13.7. The third-order valence-electron chi connectivity index (χ3n) is 3.25. The van der Waals surface area contributed by atoms with Crippen LogP contribution in [0.15, 0.2) is 23.3 Å². The van der Waals surface area contributed by atoms with Gasteiger partial charge in [-0.25, -0.2) is 8.42 Å². The van der Waals surface area contributed by atoms with Crippen molar-refractivity contribution in [3.05, 3.63) is 24.0 Å². The molecule has 0 bridgehead atoms. The Morgan fingerprint density at radius 3 is 2.59 bits per heavy atom. The summed E-state index contributed by atoms with van der Waals surface area (Å²) < 4.78 is 25.1. The van der Waals surface area contributed by atoms with Crippen molar-refractivity contribution in [2.75, 3.05) is 31.6 Å². The van der Waals surface area contributed by atoms with Crippen molar-refractivity contribution in [3.63, 3.8) is 0 Å². The molecule has 0 spiro atoms. The number of nitrogens with zero attached hydrogens (tertiary/aromatic N) is 3. The lowest BCUT2D eigenvalue weighted by molar-refractivity contribution is 0.462. The summed E-state index contributed by atoms with van der Waals surface area (Å²) in [6, 6.07) is 4.06. The van der Waals surface area contributed by atoms with Crippen LogP contribution in [-0.2, 0) is 23.4 Å². The average molecular weight is 442 g/mol. The van der Waals surface area contributed by atoms with Gasteiger partial charge in [0.05, 0.1) is 18.8 Å². The Hall–Kier alpha value is -0.770. The van der Waals surface area contributed by atoms with Gasteiger partial charge < -0.3 is 14.8 Å². The fourth-order valence-corrected chi connectivity index (χ4v) is 2.54. The number of halogens is 1. The smallest absolute Gasteiger partial charge is 0.194 e. The normalized spacial score (nSPS) is 11.9. The number of aliphatic imine (C=N–C) groups is 1. The molecule has 8 heteroatoms. The second-order valence-electron chi connectivity index (χ2n) is 4.94. The van der Waals surface area contributed by atoms with Crippen molar-refractivity contribution in [2.24, 2.45) is 12.0 Å². The molecule has 6 nitrogen and oxygen atoms in total. The summed E-state index contributed by atoms with van der Waals surface area (Å²) in [5.41, 5.74) is 1.17. The van der Waals surface area contributed by atoms with Crippen LogP contribution < -0.4 is 5.32 Å². The van der Waals surface area contributed by atoms with E-state index < -0.39 is 9.84 Å². The van der Waals surface area contributed by atoms with E-state index in [-0.39, 0.29) is 42.0 Å². The maximum absolute atomic E-state index is 11.5. The lowest BCUT2D eigenvalue weighted by Crippen LogP contribution is -2.39. The maximum atomic E-state index is 11.5. The molecule has 1 aromatic rings. The number of guanidine groups is 1. The number of hydrogen-bond acceptors (Lipinski definition) is 3. The predicted molar refractivity (Wildman–Crippen MR) is 103 cm³/mol. The quantitative estimate of drug-likeness (QED) is 0.395. The zero-order valence-corrected chi connectivity index (χ0v) is 16.9. The molecule has 1 heterocycles. The van der Waals surface area contributed by atoms with Crippen LogP contribution in [0.5, 0.6) is 0 Å². The van der Waals surface area contributed by atoms with E-state index >= 15 is 0 Å². The molecule has 1 N–H and O–H groups in total. The highest BCUT2D eigenvalue weighted by Gasteiger charge is 2.10. The first-order valence-corrected chi connectivity index (χ1v) is 9.01. The van der Waals surface area contributed by atoms with Gasteiger partial charge in [0.1, 0.15) is 0 Å². The number of hydrogen-bond donors (Lipinski definition) is 1. The molecule has 22 heavy (non-hydrogen) atoms. The molecular weight excluding hydrogens is 415 g/mol. The van der Waals surface area contributed by atoms with E-state index in [1.807, 2.05) is 38.2 Å². The maximum Gasteiger partial charge on any atom is 0.194 e. The Morgan fingerprint density at radius 1 is 1.41 bits per heavy atom. The van der Waals surface area contributed by atoms with Gasteiger partial charge in [-0.3, -0.25) is 4.99 Å². The van der Waals surface area contributed by atoms with Gasteiger partial charge in [0.25, 0.3) is 0 Å². The molecule has 128 valence electrons. The first kappa shape index (κ1) is 21.2. The minimum absolute atomic E-state index is 0. The molecule has 0 fully saturated rings. The number of nitrogens with one attached hydrogen (secondary N) is 1. The second-order valence-corrected chi connectivity index (χ2v) is 7.41. The molecular formula is C14H27IN4O2S. The molecule has 0 aliphatic rings. The van der Waals surface area contributed by atoms with Gasteiger partial charge in [-0.15, -0.1) is 24.0 Å². The fraction of sp³-hybridized carbons (Fsp3) is 0.643. The van der Waals surface area contributed by atoms with Crippen LogP contribution in [0, 0.1) is 0 Å². The fourth-order valence-electron chi connectivity index (χ4n) is 1.88. The Balaban J connectivity index is 0.00000441. The van der Waals surface area contributed by atoms with Crippen LogP contribution in [0.1, 0.15) is 19.5 Å². The topological polar surface area (TPSA) is 66.7 Å². The largest absolute Gasteiger partial charge is 0.357 e. The SMILES string of the molecule is CCNC(=NCCS(=O)(=O)CC)N(C)Cc1cccn1C.I. The highest BCUT2D eigenvalue weighted by Crippen LogP contribution is 2.03. The summed E-state index contributed by atoms with van der Waals surface area (Å²) in [5.74, 6) is 0.985. The molecule has 0 saturated heterocycles. The van der Waals surface area contributed by atoms with Crippen molar-refractivity contribution >= 4 is 39.8 Å². The lowest BCUT2D eigenvalue weighted by atomic mass is 10.4. The van der Waals surface area contributed by atoms with Gasteiger partial charge in [0.2, 0.25) is 0 Å². The summed E-state index contributed by atoms with van der Waals surface area (Å²) >= 11 is 0. The standard InChI is InChI=1S/C14H26N4O2S.HI/c1-5-15-14(16-9-11-21(19,20)6-2)18(4)12-13-8-7-10-17(13)3;/h7-8,10H,5-6,9,11-12H2,1-4H3,(H,15,16);1H. The number of aryl methyl sites for hydroxylation is 1. The van der Waals surface area contributed by atoms with E-state index in [0.29, 0.717) is 0 Å². The predicted octanol–water partition coefficient (Wildman–Crippen LogP) is 1.48. The van der Waals surface area contributed by atoms with Crippen LogP contribution in [0.4, 0.5) is 0 Å². The van der Waals surface area contributed by atoms with Gasteiger partial charge in [-0.05, 0) is 19.1 Å². The second kappa shape index (κ2) is 10.1. The Bertz CT molecular complexity index is 569. The van der Waals surface area contributed by atoms with E-state index in [1.54, 1.807) is 6.92 Å². The van der Waals surface area contributed by atoms with E-state index in [0.717, 1.165) is 19.0 Å². The van der Waals surface area contributed by atoms with Gasteiger partial charge >= 0.3 is 0 Å². The van der Waals surface area contributed by atoms with Gasteiger partial charge in [0, 0.05) is 38.3 Å². The monoisotopic (exact) mass is 442 g/mol. The average Bonchev–Trinajstić information content (AvgIpc) is 2.83. The van der Waals surface area contributed by atoms with Gasteiger partial charge in [-0.1, -0.05) is 6.92 Å². The van der Waals surface area contributed by atoms with Crippen LogP contribution >= 0.6 is 24.0 Å². The molecule has 0 aromatic carbocycles. The highest BCUT2D eigenvalue weighted by molar-refractivity contribution is 14.0. The molecule has 0 saturated carbocycles. The van der Waals surface area contributed by atoms with Gasteiger partial charge in [-0.2, -0.15) is 0 Å². The van der Waals surface area contributed by atoms with E-state index in [2.05, 4.69) is 20.9 Å². The summed E-state index contributed by atoms with van der Waals surface area (Å²) in [7, 11) is 0.978. The first-order chi connectivity index (χ1) is 9.89. The van der Waals surface area contributed by atoms with Crippen LogP contribution in [0.3, 0.4) is 0 Å². The first-order valence-electron chi connectivity index (χ1n) is 7.19. The van der Waals surface area contributed by atoms with Crippen molar-refractivity contribution in [1.82, 2.24) is 14.8 Å². The third kappa shape index (κ3) is 6.99. The minimum atomic E-state index is -2.97. The number of sulfone groups is 1. The lowest BCUT2D eigenvalue weighted by Gasteiger charge is -2.22. The van der Waals surface area contributed by atoms with Gasteiger partial charge in [0.15, 0.2) is 15.8 Å². The summed E-state index contributed by atoms with van der Waals surface area (Å²) in [4.78, 5) is 6.40. The van der Waals surface area contributed by atoms with E-state index in [1.165, 1.54) is 5.69 Å². The molecule has 0 unspecified atom stereocenters. The van der Waals surface area contributed by atoms with Crippen LogP contribution in [-0.4, -0.2) is 55.5 Å². The summed E-state index contributed by atoms with van der Waals surface area (Å²) in [6.07, 6.45) is 2.00. The number of rotatable bonds is 7.